The molecule has 5 nitrogen and oxygen atoms in total. The maximum Gasteiger partial charge on any atom is 0.327 e. The zero-order valence-corrected chi connectivity index (χ0v) is 12.4. The molecule has 6 heteroatoms. The second-order valence-corrected chi connectivity index (χ2v) is 7.10. The van der Waals surface area contributed by atoms with Crippen molar-refractivity contribution in [1.29, 1.82) is 0 Å². The Morgan fingerprint density at radius 1 is 1.37 bits per heavy atom. The molecular weight excluding hydrogens is 264 g/mol. The van der Waals surface area contributed by atoms with Crippen LogP contribution in [0.25, 0.3) is 0 Å². The maximum atomic E-state index is 12.3. The number of rotatable bonds is 3. The van der Waals surface area contributed by atoms with Gasteiger partial charge in [-0.2, -0.15) is 0 Å². The molecule has 2 fully saturated rings. The number of carboxylic acids is 1. The van der Waals surface area contributed by atoms with Gasteiger partial charge in [-0.3, -0.25) is 4.90 Å². The highest BCUT2D eigenvalue weighted by atomic mass is 32.2. The van der Waals surface area contributed by atoms with E-state index in [1.54, 1.807) is 11.8 Å². The molecule has 2 aliphatic rings. The molecule has 2 atom stereocenters. The topological polar surface area (TPSA) is 69.6 Å². The monoisotopic (exact) mass is 286 g/mol. The largest absolute Gasteiger partial charge is 0.480 e. The first-order valence-corrected chi connectivity index (χ1v) is 7.88. The average Bonchev–Trinajstić information content (AvgIpc) is 2.71. The van der Waals surface area contributed by atoms with Crippen LogP contribution in [0.5, 0.6) is 0 Å². The minimum Gasteiger partial charge on any atom is -0.480 e. The number of nitrogens with zero attached hydrogens (tertiary/aromatic N) is 1. The summed E-state index contributed by atoms with van der Waals surface area (Å²) in [5.41, 5.74) is 0. The summed E-state index contributed by atoms with van der Waals surface area (Å²) in [5, 5.41) is 12.2. The second-order valence-electron chi connectivity index (χ2n) is 5.95. The predicted octanol–water partition coefficient (Wildman–Crippen LogP) is 1.98. The Kier molecular flexibility index (Phi) is 4.28. The van der Waals surface area contributed by atoms with E-state index in [2.05, 4.69) is 12.2 Å². The van der Waals surface area contributed by atoms with Crippen LogP contribution in [0.4, 0.5) is 4.79 Å². The van der Waals surface area contributed by atoms with Crippen LogP contribution in [0.15, 0.2) is 0 Å². The first-order valence-electron chi connectivity index (χ1n) is 6.83. The number of carboxylic acid groups (broad SMARTS) is 1. The lowest BCUT2D eigenvalue weighted by atomic mass is 9.82. The molecule has 108 valence electrons. The van der Waals surface area contributed by atoms with E-state index in [9.17, 15) is 14.7 Å². The summed E-state index contributed by atoms with van der Waals surface area (Å²) in [6, 6.07) is -0.696. The summed E-state index contributed by atoms with van der Waals surface area (Å²) >= 11 is 1.56. The maximum absolute atomic E-state index is 12.3. The Morgan fingerprint density at radius 3 is 2.47 bits per heavy atom. The van der Waals surface area contributed by atoms with Crippen LogP contribution in [0.1, 0.15) is 33.6 Å². The van der Waals surface area contributed by atoms with Crippen LogP contribution < -0.4 is 5.32 Å². The SMILES string of the molecule is CC1CC(NC(=O)N2C(C(=O)O)CSC2C(C)C)C1. The second kappa shape index (κ2) is 5.61. The van der Waals surface area contributed by atoms with Crippen molar-refractivity contribution in [2.45, 2.75) is 51.1 Å². The van der Waals surface area contributed by atoms with Gasteiger partial charge < -0.3 is 10.4 Å². The molecule has 0 aromatic carbocycles. The van der Waals surface area contributed by atoms with Crippen molar-refractivity contribution in [3.8, 4) is 0 Å². The molecule has 1 saturated heterocycles. The molecule has 1 saturated carbocycles. The molecule has 1 heterocycles. The van der Waals surface area contributed by atoms with Crippen molar-refractivity contribution in [3.05, 3.63) is 0 Å². The molecule has 0 spiro atoms. The molecule has 2 amide bonds. The van der Waals surface area contributed by atoms with Gasteiger partial charge in [-0.15, -0.1) is 11.8 Å². The Hall–Kier alpha value is -0.910. The molecular formula is C13H22N2O3S. The highest BCUT2D eigenvalue weighted by Crippen LogP contribution is 2.35. The van der Waals surface area contributed by atoms with Gasteiger partial charge in [0.1, 0.15) is 6.04 Å². The Balaban J connectivity index is 2.03. The van der Waals surface area contributed by atoms with E-state index >= 15 is 0 Å². The zero-order valence-electron chi connectivity index (χ0n) is 11.6. The van der Waals surface area contributed by atoms with Crippen molar-refractivity contribution in [1.82, 2.24) is 10.2 Å². The van der Waals surface area contributed by atoms with Gasteiger partial charge in [0, 0.05) is 11.8 Å². The summed E-state index contributed by atoms with van der Waals surface area (Å²) in [7, 11) is 0. The van der Waals surface area contributed by atoms with Crippen molar-refractivity contribution < 1.29 is 14.7 Å². The smallest absolute Gasteiger partial charge is 0.327 e. The number of thioether (sulfide) groups is 1. The molecule has 0 bridgehead atoms. The first-order chi connectivity index (χ1) is 8.90. The molecule has 1 aliphatic heterocycles. The molecule has 19 heavy (non-hydrogen) atoms. The van der Waals surface area contributed by atoms with Gasteiger partial charge in [-0.1, -0.05) is 20.8 Å². The van der Waals surface area contributed by atoms with Crippen LogP contribution in [-0.4, -0.2) is 45.2 Å². The molecule has 2 N–H and O–H groups in total. The summed E-state index contributed by atoms with van der Waals surface area (Å²) in [6.07, 6.45) is 1.99. The van der Waals surface area contributed by atoms with Gasteiger partial charge in [0.25, 0.3) is 0 Å². The van der Waals surface area contributed by atoms with E-state index in [0.717, 1.165) is 12.8 Å². The van der Waals surface area contributed by atoms with Gasteiger partial charge in [0.05, 0.1) is 5.37 Å². The van der Waals surface area contributed by atoms with Gasteiger partial charge >= 0.3 is 12.0 Å². The third-order valence-corrected chi connectivity index (χ3v) is 5.45. The van der Waals surface area contributed by atoms with E-state index in [1.807, 2.05) is 13.8 Å². The predicted molar refractivity (Wildman–Crippen MR) is 75.1 cm³/mol. The minimum absolute atomic E-state index is 0.0430. The Labute approximate surface area is 118 Å². The fraction of sp³-hybridized carbons (Fsp3) is 0.846. The van der Waals surface area contributed by atoms with E-state index in [-0.39, 0.29) is 23.4 Å². The van der Waals surface area contributed by atoms with Crippen LogP contribution in [0.3, 0.4) is 0 Å². The fourth-order valence-corrected chi connectivity index (χ4v) is 4.23. The van der Waals surface area contributed by atoms with Crippen molar-refractivity contribution in [2.75, 3.05) is 5.75 Å². The van der Waals surface area contributed by atoms with Crippen LogP contribution in [-0.2, 0) is 4.79 Å². The standard InChI is InChI=1S/C13H22N2O3S/c1-7(2)11-15(10(6-19-11)12(16)17)13(18)14-9-4-8(3)5-9/h7-11H,4-6H2,1-3H3,(H,14,18)(H,16,17). The highest BCUT2D eigenvalue weighted by Gasteiger charge is 2.43. The minimum atomic E-state index is -0.909. The molecule has 0 aromatic heterocycles. The number of amides is 2. The van der Waals surface area contributed by atoms with Crippen LogP contribution in [0, 0.1) is 11.8 Å². The summed E-state index contributed by atoms with van der Waals surface area (Å²) in [6.45, 7) is 6.20. The first kappa shape index (κ1) is 14.5. The number of urea groups is 1. The number of nitrogens with one attached hydrogen (secondary N) is 1. The lowest BCUT2D eigenvalue weighted by molar-refractivity contribution is -0.141. The summed E-state index contributed by atoms with van der Waals surface area (Å²) < 4.78 is 0. The van der Waals surface area contributed by atoms with E-state index in [4.69, 9.17) is 0 Å². The number of hydrogen-bond donors (Lipinski definition) is 2. The molecule has 0 radical (unpaired) electrons. The molecule has 2 rings (SSSR count). The van der Waals surface area contributed by atoms with Crippen LogP contribution in [0.2, 0.25) is 0 Å². The number of hydrogen-bond acceptors (Lipinski definition) is 3. The molecule has 1 aliphatic carbocycles. The van der Waals surface area contributed by atoms with Gasteiger partial charge in [0.2, 0.25) is 0 Å². The third kappa shape index (κ3) is 2.99. The Morgan fingerprint density at radius 2 is 2.00 bits per heavy atom. The lowest BCUT2D eigenvalue weighted by Gasteiger charge is -2.37. The van der Waals surface area contributed by atoms with E-state index < -0.39 is 12.0 Å². The third-order valence-electron chi connectivity index (χ3n) is 3.83. The van der Waals surface area contributed by atoms with Crippen molar-refractivity contribution in [3.63, 3.8) is 0 Å². The average molecular weight is 286 g/mol. The van der Waals surface area contributed by atoms with E-state index in [1.165, 1.54) is 4.90 Å². The Bertz CT molecular complexity index is 369. The van der Waals surface area contributed by atoms with Crippen molar-refractivity contribution >= 4 is 23.8 Å². The van der Waals surface area contributed by atoms with Gasteiger partial charge in [-0.25, -0.2) is 9.59 Å². The fourth-order valence-electron chi connectivity index (χ4n) is 2.76. The lowest BCUT2D eigenvalue weighted by Crippen LogP contribution is -2.55. The number of carbonyl (C=O) groups is 2. The van der Waals surface area contributed by atoms with Gasteiger partial charge in [-0.05, 0) is 24.7 Å². The quantitative estimate of drug-likeness (QED) is 0.832. The van der Waals surface area contributed by atoms with E-state index in [0.29, 0.717) is 11.7 Å². The number of carbonyl (C=O) groups excluding carboxylic acids is 1. The van der Waals surface area contributed by atoms with Gasteiger partial charge in [0.15, 0.2) is 0 Å². The highest BCUT2D eigenvalue weighted by molar-refractivity contribution is 8.00. The number of aliphatic carboxylic acids is 1. The van der Waals surface area contributed by atoms with Crippen molar-refractivity contribution in [2.24, 2.45) is 11.8 Å². The summed E-state index contributed by atoms with van der Waals surface area (Å²) in [5.74, 6) is 0.481. The molecule has 2 unspecified atom stereocenters. The summed E-state index contributed by atoms with van der Waals surface area (Å²) in [4.78, 5) is 25.1. The normalized spacial score (nSPS) is 34.2. The van der Waals surface area contributed by atoms with Crippen LogP contribution >= 0.6 is 11.8 Å². The zero-order chi connectivity index (χ0) is 14.2. The molecule has 0 aromatic rings.